The lowest BCUT2D eigenvalue weighted by Gasteiger charge is -2.09. The van der Waals surface area contributed by atoms with Crippen LogP contribution < -0.4 is 5.32 Å². The highest BCUT2D eigenvalue weighted by Crippen LogP contribution is 2.29. The summed E-state index contributed by atoms with van der Waals surface area (Å²) in [5.41, 5.74) is 3.30. The minimum absolute atomic E-state index is 0.137. The van der Waals surface area contributed by atoms with E-state index in [1.807, 2.05) is 13.8 Å². The van der Waals surface area contributed by atoms with Crippen LogP contribution in [-0.2, 0) is 22.4 Å². The number of hydrogen-bond acceptors (Lipinski definition) is 6. The fourth-order valence-electron chi connectivity index (χ4n) is 2.97. The third kappa shape index (κ3) is 5.07. The van der Waals surface area contributed by atoms with Gasteiger partial charge in [-0.25, -0.2) is 14.8 Å². The normalized spacial score (nSPS) is 12.5. The summed E-state index contributed by atoms with van der Waals surface area (Å²) < 4.78 is 5.13. The molecule has 1 N–H and O–H groups in total. The van der Waals surface area contributed by atoms with Gasteiger partial charge in [-0.3, -0.25) is 4.79 Å². The van der Waals surface area contributed by atoms with E-state index in [0.717, 1.165) is 42.2 Å². The van der Waals surface area contributed by atoms with E-state index in [1.54, 1.807) is 24.3 Å². The number of thioether (sulfide) groups is 1. The van der Waals surface area contributed by atoms with Crippen LogP contribution in [-0.4, -0.2) is 34.2 Å². The first-order chi connectivity index (χ1) is 13.1. The van der Waals surface area contributed by atoms with Crippen molar-refractivity contribution in [3.63, 3.8) is 0 Å². The molecule has 1 aromatic carbocycles. The van der Waals surface area contributed by atoms with Crippen molar-refractivity contribution in [2.75, 3.05) is 17.7 Å². The molecule has 142 valence electrons. The van der Waals surface area contributed by atoms with Crippen LogP contribution in [0.4, 0.5) is 5.69 Å². The Morgan fingerprint density at radius 1 is 1.26 bits per heavy atom. The predicted molar refractivity (Wildman–Crippen MR) is 105 cm³/mol. The summed E-state index contributed by atoms with van der Waals surface area (Å²) in [4.78, 5) is 33.3. The molecular weight excluding hydrogens is 362 g/mol. The number of ether oxygens (including phenoxy) is 1. The summed E-state index contributed by atoms with van der Waals surface area (Å²) in [6.07, 6.45) is 3.82. The number of aryl methyl sites for hydroxylation is 2. The second-order valence-electron chi connectivity index (χ2n) is 6.41. The molecule has 0 spiro atoms. The van der Waals surface area contributed by atoms with Crippen molar-refractivity contribution >= 4 is 29.3 Å². The highest BCUT2D eigenvalue weighted by molar-refractivity contribution is 8.00. The summed E-state index contributed by atoms with van der Waals surface area (Å²) in [7, 11) is 0. The summed E-state index contributed by atoms with van der Waals surface area (Å²) in [5.74, 6) is 0.487. The number of nitrogens with zero attached hydrogens (tertiary/aromatic N) is 2. The van der Waals surface area contributed by atoms with Crippen LogP contribution in [0.1, 0.15) is 47.2 Å². The quantitative estimate of drug-likeness (QED) is 0.446. The molecular formula is C20H23N3O3S. The van der Waals surface area contributed by atoms with Crippen molar-refractivity contribution in [2.45, 2.75) is 44.6 Å². The van der Waals surface area contributed by atoms with E-state index in [-0.39, 0.29) is 17.6 Å². The molecule has 1 aliphatic carbocycles. The van der Waals surface area contributed by atoms with Crippen molar-refractivity contribution in [1.29, 1.82) is 0 Å². The third-order valence-corrected chi connectivity index (χ3v) is 5.18. The predicted octanol–water partition coefficient (Wildman–Crippen LogP) is 3.57. The molecule has 1 aliphatic rings. The molecule has 27 heavy (non-hydrogen) atoms. The zero-order valence-electron chi connectivity index (χ0n) is 15.6. The number of hydrogen-bond donors (Lipinski definition) is 1. The maximum absolute atomic E-state index is 12.3. The first-order valence-electron chi connectivity index (χ1n) is 9.13. The van der Waals surface area contributed by atoms with Gasteiger partial charge in [0.2, 0.25) is 5.91 Å². The van der Waals surface area contributed by atoms with Crippen molar-refractivity contribution in [1.82, 2.24) is 9.97 Å². The van der Waals surface area contributed by atoms with Gasteiger partial charge in [0, 0.05) is 16.9 Å². The minimum Gasteiger partial charge on any atom is -0.462 e. The van der Waals surface area contributed by atoms with Crippen LogP contribution in [0.2, 0.25) is 0 Å². The average molecular weight is 385 g/mol. The smallest absolute Gasteiger partial charge is 0.338 e. The van der Waals surface area contributed by atoms with Crippen molar-refractivity contribution in [3.8, 4) is 0 Å². The van der Waals surface area contributed by atoms with Gasteiger partial charge in [0.25, 0.3) is 0 Å². The van der Waals surface area contributed by atoms with Crippen molar-refractivity contribution in [2.24, 2.45) is 0 Å². The number of esters is 1. The lowest BCUT2D eigenvalue weighted by atomic mass is 10.2. The van der Waals surface area contributed by atoms with Gasteiger partial charge in [0.15, 0.2) is 0 Å². The maximum Gasteiger partial charge on any atom is 0.338 e. The molecule has 0 atom stereocenters. The molecule has 1 heterocycles. The second-order valence-corrected chi connectivity index (χ2v) is 7.37. The number of amides is 1. The highest BCUT2D eigenvalue weighted by Gasteiger charge is 2.19. The number of anilines is 1. The summed E-state index contributed by atoms with van der Waals surface area (Å²) in [6, 6.07) is 6.79. The van der Waals surface area contributed by atoms with Crippen LogP contribution in [0.5, 0.6) is 0 Å². The number of aromatic nitrogens is 2. The molecule has 1 aromatic heterocycles. The van der Waals surface area contributed by atoms with E-state index in [4.69, 9.17) is 4.74 Å². The summed E-state index contributed by atoms with van der Waals surface area (Å²) >= 11 is 1.43. The van der Waals surface area contributed by atoms with Crippen LogP contribution in [0.15, 0.2) is 29.3 Å². The van der Waals surface area contributed by atoms with E-state index >= 15 is 0 Å². The molecule has 7 heteroatoms. The van der Waals surface area contributed by atoms with Gasteiger partial charge in [-0.1, -0.05) is 24.8 Å². The maximum atomic E-state index is 12.3. The van der Waals surface area contributed by atoms with Gasteiger partial charge in [-0.2, -0.15) is 0 Å². The fraction of sp³-hybridized carbons (Fsp3) is 0.400. The van der Waals surface area contributed by atoms with E-state index in [2.05, 4.69) is 15.3 Å². The van der Waals surface area contributed by atoms with Crippen molar-refractivity contribution in [3.05, 3.63) is 46.9 Å². The highest BCUT2D eigenvalue weighted by atomic mass is 32.2. The number of fused-ring (bicyclic) bond motifs is 1. The van der Waals surface area contributed by atoms with E-state index in [1.165, 1.54) is 17.3 Å². The number of carbonyl (C=O) groups is 2. The molecule has 0 aliphatic heterocycles. The molecule has 6 nitrogen and oxygen atoms in total. The largest absolute Gasteiger partial charge is 0.462 e. The van der Waals surface area contributed by atoms with Gasteiger partial charge in [-0.05, 0) is 50.8 Å². The Morgan fingerprint density at radius 2 is 2.11 bits per heavy atom. The number of carbonyl (C=O) groups excluding carboxylic acids is 2. The lowest BCUT2D eigenvalue weighted by Crippen LogP contribution is -2.15. The monoisotopic (exact) mass is 385 g/mol. The molecule has 0 radical (unpaired) electrons. The molecule has 0 saturated heterocycles. The first-order valence-corrected chi connectivity index (χ1v) is 10.1. The Balaban J connectivity index is 1.60. The molecule has 0 bridgehead atoms. The standard InChI is InChI=1S/C20H23N3O3S/c1-3-10-26-20(25)14-6-4-7-15(11-14)23-18(24)12-27-19-16-8-5-9-17(16)21-13(2)22-19/h4,6-7,11H,3,5,8-10,12H2,1-2H3,(H,23,24). The van der Waals surface area contributed by atoms with Gasteiger partial charge < -0.3 is 10.1 Å². The number of benzene rings is 1. The number of rotatable bonds is 7. The van der Waals surface area contributed by atoms with Crippen LogP contribution >= 0.6 is 11.8 Å². The Kier molecular flexibility index (Phi) is 6.45. The Bertz CT molecular complexity index is 854. The Hall–Kier alpha value is -2.41. The fourth-order valence-corrected chi connectivity index (χ4v) is 3.90. The SMILES string of the molecule is CCCOC(=O)c1cccc(NC(=O)CSc2nc(C)nc3c2CCC3)c1. The van der Waals surface area contributed by atoms with Gasteiger partial charge in [0.1, 0.15) is 10.9 Å². The average Bonchev–Trinajstić information content (AvgIpc) is 3.12. The first kappa shape index (κ1) is 19.4. The molecule has 2 aromatic rings. The second kappa shape index (κ2) is 8.99. The van der Waals surface area contributed by atoms with E-state index < -0.39 is 0 Å². The molecule has 0 unspecified atom stereocenters. The van der Waals surface area contributed by atoms with Crippen molar-refractivity contribution < 1.29 is 14.3 Å². The molecule has 0 saturated carbocycles. The topological polar surface area (TPSA) is 81.2 Å². The molecule has 3 rings (SSSR count). The Morgan fingerprint density at radius 3 is 2.93 bits per heavy atom. The molecule has 1 amide bonds. The van der Waals surface area contributed by atoms with Gasteiger partial charge in [0.05, 0.1) is 17.9 Å². The summed E-state index contributed by atoms with van der Waals surface area (Å²) in [6.45, 7) is 4.21. The van der Waals surface area contributed by atoms with E-state index in [0.29, 0.717) is 17.9 Å². The van der Waals surface area contributed by atoms with E-state index in [9.17, 15) is 9.59 Å². The van der Waals surface area contributed by atoms with Gasteiger partial charge >= 0.3 is 5.97 Å². The summed E-state index contributed by atoms with van der Waals surface area (Å²) in [5, 5.41) is 3.74. The third-order valence-electron chi connectivity index (χ3n) is 4.17. The molecule has 0 fully saturated rings. The van der Waals surface area contributed by atoms with Crippen LogP contribution in [0, 0.1) is 6.92 Å². The zero-order valence-corrected chi connectivity index (χ0v) is 16.4. The zero-order chi connectivity index (χ0) is 19.2. The Labute approximate surface area is 163 Å². The minimum atomic E-state index is -0.380. The van der Waals surface area contributed by atoms with Crippen LogP contribution in [0.3, 0.4) is 0 Å². The van der Waals surface area contributed by atoms with Gasteiger partial charge in [-0.15, -0.1) is 0 Å². The number of nitrogens with one attached hydrogen (secondary N) is 1. The lowest BCUT2D eigenvalue weighted by molar-refractivity contribution is -0.113. The van der Waals surface area contributed by atoms with Crippen LogP contribution in [0.25, 0.3) is 0 Å².